The largest absolute Gasteiger partial charge is 0.412 e. The molecule has 0 heterocycles. The van der Waals surface area contributed by atoms with Gasteiger partial charge in [0.15, 0.2) is 0 Å². The second-order valence-corrected chi connectivity index (χ2v) is 0.951. The predicted molar refractivity (Wildman–Crippen MR) is 38.7 cm³/mol. The zero-order chi connectivity index (χ0) is 14.3. The molecule has 0 aliphatic carbocycles. The maximum Gasteiger partial charge on any atom is 0.291 e. The van der Waals surface area contributed by atoms with Gasteiger partial charge in [-0.2, -0.15) is 0 Å². The quantitative estimate of drug-likeness (QED) is 0.268. The van der Waals surface area contributed by atoms with E-state index in [9.17, 15) is 0 Å². The van der Waals surface area contributed by atoms with Crippen LogP contribution < -0.4 is 0 Å². The molecule has 0 unspecified atom stereocenters. The highest BCUT2D eigenvalue weighted by Crippen LogP contribution is 1.39. The van der Waals surface area contributed by atoms with Crippen molar-refractivity contribution in [3.8, 4) is 0 Å². The molecule has 17 heavy (non-hydrogen) atoms. The van der Waals surface area contributed by atoms with Crippen LogP contribution in [0.5, 0.6) is 0 Å². The van der Waals surface area contributed by atoms with Crippen molar-refractivity contribution in [2.45, 2.75) is 0 Å². The summed E-state index contributed by atoms with van der Waals surface area (Å²) < 4.78 is 0. The van der Waals surface area contributed by atoms with E-state index in [2.05, 4.69) is 0 Å². The van der Waals surface area contributed by atoms with E-state index in [0.717, 1.165) is 0 Å². The van der Waals surface area contributed by atoms with Crippen LogP contribution in [0.4, 0.5) is 0 Å². The second kappa shape index (κ2) is 23.0. The summed E-state index contributed by atoms with van der Waals surface area (Å²) in [5.74, 6) is 0. The first-order chi connectivity index (χ1) is 6.93. The summed E-state index contributed by atoms with van der Waals surface area (Å²) in [6, 6.07) is 0. The van der Waals surface area contributed by atoms with Crippen LogP contribution in [0, 0.1) is 40.5 Å². The minimum atomic E-state index is -1.50. The van der Waals surface area contributed by atoms with Gasteiger partial charge in [0.1, 0.15) is 0 Å². The second-order valence-electron chi connectivity index (χ2n) is 0.951. The minimum Gasteiger partial charge on any atom is -0.412 e. The van der Waals surface area contributed by atoms with E-state index < -0.39 is 20.3 Å². The highest BCUT2D eigenvalue weighted by atomic mass is 16.9. The summed E-state index contributed by atoms with van der Waals surface area (Å²) >= 11 is 0. The molecule has 0 saturated heterocycles. The van der Waals surface area contributed by atoms with E-state index in [1.165, 1.54) is 0 Å². The number of hydrogen-bond donors (Lipinski definition) is 4. The van der Waals surface area contributed by atoms with Gasteiger partial charge in [0, 0.05) is 0 Å². The Morgan fingerprint density at radius 1 is 0.529 bits per heavy atom. The fraction of sp³-hybridized carbons (Fsp3) is 0. The van der Waals surface area contributed by atoms with Crippen LogP contribution in [0.15, 0.2) is 0 Å². The maximum absolute atomic E-state index is 8.36. The fourth-order valence-corrected chi connectivity index (χ4v) is 0. The molecule has 0 aromatic rings. The highest BCUT2D eigenvalue weighted by molar-refractivity contribution is 3.84. The average molecular weight is 270 g/mol. The molecule has 0 bridgehead atoms. The van der Waals surface area contributed by atoms with Crippen molar-refractivity contribution in [3.05, 3.63) is 40.5 Å². The monoisotopic (exact) mass is 270 g/mol. The Bertz CT molecular complexity index is 153. The third-order valence-corrected chi connectivity index (χ3v) is 0. The van der Waals surface area contributed by atoms with Crippen LogP contribution in [0.25, 0.3) is 0 Å². The normalized spacial score (nSPS) is 5.65. The standard InChI is InChI=1S/4HNO3.H2O/c4*2-1(3)4;/h4*(H,2,3,4);1H2. The molecule has 6 N–H and O–H groups in total. The van der Waals surface area contributed by atoms with E-state index in [1.54, 1.807) is 0 Å². The lowest BCUT2D eigenvalue weighted by atomic mass is 13.1. The summed E-state index contributed by atoms with van der Waals surface area (Å²) in [6.45, 7) is 0. The van der Waals surface area contributed by atoms with Gasteiger partial charge >= 0.3 is 0 Å². The summed E-state index contributed by atoms with van der Waals surface area (Å²) in [6.07, 6.45) is 0. The molecule has 0 aromatic carbocycles. The molecular weight excluding hydrogens is 264 g/mol. The molecule has 0 amide bonds. The van der Waals surface area contributed by atoms with E-state index >= 15 is 0 Å². The average Bonchev–Trinajstić information content (AvgIpc) is 1.76. The molecule has 0 aliphatic rings. The zero-order valence-electron chi connectivity index (χ0n) is 7.34. The first kappa shape index (κ1) is 29.2. The van der Waals surface area contributed by atoms with Crippen molar-refractivity contribution in [1.82, 2.24) is 0 Å². The first-order valence-corrected chi connectivity index (χ1v) is 2.26. The maximum atomic E-state index is 8.36. The Labute approximate surface area is 88.5 Å². The smallest absolute Gasteiger partial charge is 0.291 e. The molecule has 17 heteroatoms. The number of hydrogen-bond acceptors (Lipinski definition) is 8. The van der Waals surface area contributed by atoms with Gasteiger partial charge in [-0.3, -0.25) is 0 Å². The van der Waals surface area contributed by atoms with Gasteiger partial charge in [-0.15, -0.1) is 40.5 Å². The zero-order valence-corrected chi connectivity index (χ0v) is 7.34. The summed E-state index contributed by atoms with van der Waals surface area (Å²) in [5.41, 5.74) is 0. The van der Waals surface area contributed by atoms with Crippen LogP contribution in [0.1, 0.15) is 0 Å². The number of rotatable bonds is 0. The van der Waals surface area contributed by atoms with Crippen LogP contribution >= 0.6 is 0 Å². The lowest BCUT2D eigenvalue weighted by Gasteiger charge is -1.56. The first-order valence-electron chi connectivity index (χ1n) is 2.26. The molecule has 0 aromatic heterocycles. The number of nitrogens with zero attached hydrogens (tertiary/aromatic N) is 4. The van der Waals surface area contributed by atoms with E-state index in [-0.39, 0.29) is 5.48 Å². The summed E-state index contributed by atoms with van der Waals surface area (Å²) in [5, 5.41) is 54.6. The van der Waals surface area contributed by atoms with E-state index in [1.807, 2.05) is 0 Å². The minimum absolute atomic E-state index is 0. The Morgan fingerprint density at radius 2 is 0.529 bits per heavy atom. The molecule has 0 radical (unpaired) electrons. The lowest BCUT2D eigenvalue weighted by Crippen LogP contribution is -1.81. The van der Waals surface area contributed by atoms with Gasteiger partial charge in [0.05, 0.1) is 0 Å². The highest BCUT2D eigenvalue weighted by Gasteiger charge is 1.66. The molecule has 0 aliphatic heterocycles. The summed E-state index contributed by atoms with van der Waals surface area (Å²) in [4.78, 5) is 33.4. The third kappa shape index (κ3) is 141. The molecule has 104 valence electrons. The third-order valence-electron chi connectivity index (χ3n) is 0. The molecule has 0 rings (SSSR count). The molecular formula is H6N4O13. The molecule has 0 spiro atoms. The van der Waals surface area contributed by atoms with Gasteiger partial charge in [0.25, 0.3) is 20.3 Å². The molecule has 0 atom stereocenters. The fourth-order valence-electron chi connectivity index (χ4n) is 0. The SMILES string of the molecule is O.O=[N+]([O-])O.O=[N+]([O-])O.O=[N+]([O-])O.O=[N+]([O-])O. The Morgan fingerprint density at radius 3 is 0.529 bits per heavy atom. The van der Waals surface area contributed by atoms with Crippen molar-refractivity contribution in [2.75, 3.05) is 0 Å². The molecule has 0 saturated carbocycles. The lowest BCUT2D eigenvalue weighted by molar-refractivity contribution is -0.742. The van der Waals surface area contributed by atoms with Crippen molar-refractivity contribution in [3.63, 3.8) is 0 Å². The van der Waals surface area contributed by atoms with Crippen LogP contribution in [-0.2, 0) is 0 Å². The topological polar surface area (TPSA) is 285 Å². The Kier molecular flexibility index (Phi) is 39.5. The van der Waals surface area contributed by atoms with Crippen LogP contribution in [0.3, 0.4) is 0 Å². The molecule has 0 fully saturated rings. The van der Waals surface area contributed by atoms with Gasteiger partial charge < -0.3 is 26.3 Å². The van der Waals surface area contributed by atoms with Crippen LogP contribution in [0.2, 0.25) is 0 Å². The summed E-state index contributed by atoms with van der Waals surface area (Å²) in [7, 11) is 0. The van der Waals surface area contributed by atoms with Gasteiger partial charge in [0.2, 0.25) is 0 Å². The van der Waals surface area contributed by atoms with Crippen molar-refractivity contribution >= 4 is 0 Å². The van der Waals surface area contributed by atoms with Crippen molar-refractivity contribution in [2.24, 2.45) is 0 Å². The van der Waals surface area contributed by atoms with Crippen LogP contribution in [-0.4, -0.2) is 46.7 Å². The Hall–Kier alpha value is -3.24. The van der Waals surface area contributed by atoms with E-state index in [0.29, 0.717) is 0 Å². The van der Waals surface area contributed by atoms with Gasteiger partial charge in [-0.1, -0.05) is 0 Å². The van der Waals surface area contributed by atoms with E-state index in [4.69, 9.17) is 61.3 Å². The van der Waals surface area contributed by atoms with Crippen molar-refractivity contribution < 1.29 is 46.7 Å². The van der Waals surface area contributed by atoms with Gasteiger partial charge in [-0.25, -0.2) is 0 Å². The predicted octanol–water partition coefficient (Wildman–Crippen LogP) is -2.22. The Balaban J connectivity index is -0.0000000369. The van der Waals surface area contributed by atoms with Crippen molar-refractivity contribution in [1.29, 1.82) is 0 Å². The van der Waals surface area contributed by atoms with Gasteiger partial charge in [-0.05, 0) is 0 Å². The molecule has 17 nitrogen and oxygen atoms in total.